The highest BCUT2D eigenvalue weighted by Crippen LogP contribution is 2.10. The van der Waals surface area contributed by atoms with Gasteiger partial charge in [0.15, 0.2) is 0 Å². The summed E-state index contributed by atoms with van der Waals surface area (Å²) in [5.41, 5.74) is 9.73. The Morgan fingerprint density at radius 3 is 2.56 bits per heavy atom. The molecule has 0 unspecified atom stereocenters. The molecule has 9 heavy (non-hydrogen) atoms. The van der Waals surface area contributed by atoms with Crippen molar-refractivity contribution in [3.8, 4) is 0 Å². The van der Waals surface area contributed by atoms with Crippen molar-refractivity contribution in [3.63, 3.8) is 0 Å². The van der Waals surface area contributed by atoms with Gasteiger partial charge in [0.25, 0.3) is 0 Å². The zero-order chi connectivity index (χ0) is 6.85. The van der Waals surface area contributed by atoms with Gasteiger partial charge in [-0.2, -0.15) is 0 Å². The van der Waals surface area contributed by atoms with E-state index in [1.54, 1.807) is 12.3 Å². The number of nitrogens with zero attached hydrogens (tertiary/aromatic N) is 1. The minimum atomic E-state index is 0.572. The highest BCUT2D eigenvalue weighted by molar-refractivity contribution is 5.41. The minimum absolute atomic E-state index is 0.572. The van der Waals surface area contributed by atoms with Crippen molar-refractivity contribution in [2.24, 2.45) is 0 Å². The van der Waals surface area contributed by atoms with Gasteiger partial charge in [-0.25, -0.2) is 0 Å². The lowest BCUT2D eigenvalue weighted by Gasteiger charge is -1.96. The summed E-state index contributed by atoms with van der Waals surface area (Å²) in [5, 5.41) is 0. The van der Waals surface area contributed by atoms with Crippen LogP contribution in [0.3, 0.4) is 0 Å². The molecule has 0 atom stereocenters. The van der Waals surface area contributed by atoms with Crippen molar-refractivity contribution in [2.75, 3.05) is 0 Å². The summed E-state index contributed by atoms with van der Waals surface area (Å²) in [4.78, 5) is 4.02. The Hall–Kier alpha value is -1.05. The number of aryl methyl sites for hydroxylation is 2. The molecule has 0 saturated carbocycles. The molecular formula is C7H9N2. The fourth-order valence-electron chi connectivity index (χ4n) is 0.628. The third-order valence-corrected chi connectivity index (χ3v) is 1.24. The molecule has 1 N–H and O–H groups in total. The Morgan fingerprint density at radius 1 is 1.44 bits per heavy atom. The van der Waals surface area contributed by atoms with Crippen LogP contribution in [0.25, 0.3) is 0 Å². The summed E-state index contributed by atoms with van der Waals surface area (Å²) >= 11 is 0. The monoisotopic (exact) mass is 121 g/mol. The second kappa shape index (κ2) is 2.05. The predicted octanol–water partition coefficient (Wildman–Crippen LogP) is 1.61. The van der Waals surface area contributed by atoms with Crippen LogP contribution < -0.4 is 5.73 Å². The molecule has 0 aliphatic rings. The van der Waals surface area contributed by atoms with E-state index in [9.17, 15) is 0 Å². The number of hydrogen-bond donors (Lipinski definition) is 0. The van der Waals surface area contributed by atoms with E-state index in [2.05, 4.69) is 4.98 Å². The van der Waals surface area contributed by atoms with E-state index in [1.807, 2.05) is 13.8 Å². The van der Waals surface area contributed by atoms with Crippen LogP contribution in [0, 0.1) is 13.8 Å². The standard InChI is InChI=1S/C7H9N2/c1-5-4-9-6(2)3-7(5)8/h3-4,8H,1-2H3. The summed E-state index contributed by atoms with van der Waals surface area (Å²) in [6.07, 6.45) is 1.72. The first-order valence-electron chi connectivity index (χ1n) is 2.85. The highest BCUT2D eigenvalue weighted by Gasteiger charge is 1.92. The van der Waals surface area contributed by atoms with E-state index < -0.39 is 0 Å². The SMILES string of the molecule is Cc1cc([NH])c(C)cn1. The van der Waals surface area contributed by atoms with Gasteiger partial charge in [-0.3, -0.25) is 4.98 Å². The molecule has 2 heteroatoms. The smallest absolute Gasteiger partial charge is 0.0602 e. The van der Waals surface area contributed by atoms with Crippen LogP contribution in [0.4, 0.5) is 5.69 Å². The fraction of sp³-hybridized carbons (Fsp3) is 0.286. The quantitative estimate of drug-likeness (QED) is 0.513. The Kier molecular flexibility index (Phi) is 1.39. The van der Waals surface area contributed by atoms with Gasteiger partial charge in [0, 0.05) is 11.9 Å². The molecule has 0 aliphatic heterocycles. The maximum absolute atomic E-state index is 7.32. The molecule has 47 valence electrons. The molecule has 2 nitrogen and oxygen atoms in total. The highest BCUT2D eigenvalue weighted by atomic mass is 14.7. The molecule has 1 aromatic rings. The van der Waals surface area contributed by atoms with Crippen molar-refractivity contribution >= 4 is 5.69 Å². The lowest BCUT2D eigenvalue weighted by molar-refractivity contribution is 1.16. The molecule has 1 aromatic heterocycles. The molecule has 0 aliphatic carbocycles. The second-order valence-electron chi connectivity index (χ2n) is 2.14. The first-order valence-corrected chi connectivity index (χ1v) is 2.85. The van der Waals surface area contributed by atoms with E-state index in [0.29, 0.717) is 5.69 Å². The van der Waals surface area contributed by atoms with Crippen molar-refractivity contribution in [3.05, 3.63) is 23.5 Å². The van der Waals surface area contributed by atoms with Crippen LogP contribution in [0.1, 0.15) is 11.3 Å². The van der Waals surface area contributed by atoms with Gasteiger partial charge in [-0.1, -0.05) is 0 Å². The Bertz CT molecular complexity index is 218. The molecule has 0 amide bonds. The third-order valence-electron chi connectivity index (χ3n) is 1.24. The van der Waals surface area contributed by atoms with Crippen molar-refractivity contribution in [1.29, 1.82) is 0 Å². The van der Waals surface area contributed by atoms with Gasteiger partial charge in [0.2, 0.25) is 0 Å². The summed E-state index contributed by atoms with van der Waals surface area (Å²) in [6, 6.07) is 1.76. The van der Waals surface area contributed by atoms with Crippen LogP contribution in [-0.2, 0) is 0 Å². The average molecular weight is 121 g/mol. The fourth-order valence-corrected chi connectivity index (χ4v) is 0.628. The van der Waals surface area contributed by atoms with Gasteiger partial charge >= 0.3 is 0 Å². The maximum atomic E-state index is 7.32. The van der Waals surface area contributed by atoms with Crippen LogP contribution >= 0.6 is 0 Å². The van der Waals surface area contributed by atoms with Crippen molar-refractivity contribution in [2.45, 2.75) is 13.8 Å². The lowest BCUT2D eigenvalue weighted by Crippen LogP contribution is -1.83. The zero-order valence-corrected chi connectivity index (χ0v) is 5.60. The molecule has 1 rings (SSSR count). The molecular weight excluding hydrogens is 112 g/mol. The maximum Gasteiger partial charge on any atom is 0.0602 e. The van der Waals surface area contributed by atoms with Gasteiger partial charge in [0.1, 0.15) is 0 Å². The Labute approximate surface area is 54.7 Å². The van der Waals surface area contributed by atoms with Gasteiger partial charge in [-0.05, 0) is 25.5 Å². The van der Waals surface area contributed by atoms with E-state index >= 15 is 0 Å². The van der Waals surface area contributed by atoms with Crippen molar-refractivity contribution in [1.82, 2.24) is 10.7 Å². The number of nitrogens with one attached hydrogen (secondary N) is 1. The molecule has 0 bridgehead atoms. The summed E-state index contributed by atoms with van der Waals surface area (Å²) in [7, 11) is 0. The van der Waals surface area contributed by atoms with E-state index in [0.717, 1.165) is 11.3 Å². The number of aromatic nitrogens is 1. The third kappa shape index (κ3) is 1.19. The topological polar surface area (TPSA) is 36.7 Å². The number of hydrogen-bond acceptors (Lipinski definition) is 1. The van der Waals surface area contributed by atoms with Crippen LogP contribution in [0.2, 0.25) is 0 Å². The van der Waals surface area contributed by atoms with Crippen LogP contribution in [0.5, 0.6) is 0 Å². The van der Waals surface area contributed by atoms with Gasteiger partial charge in [-0.15, -0.1) is 0 Å². The lowest BCUT2D eigenvalue weighted by atomic mass is 10.2. The Balaban J connectivity index is 3.17. The molecule has 0 fully saturated rings. The van der Waals surface area contributed by atoms with E-state index in [4.69, 9.17) is 5.73 Å². The predicted molar refractivity (Wildman–Crippen MR) is 36.5 cm³/mol. The zero-order valence-electron chi connectivity index (χ0n) is 5.60. The van der Waals surface area contributed by atoms with Crippen molar-refractivity contribution < 1.29 is 0 Å². The summed E-state index contributed by atoms with van der Waals surface area (Å²) in [5.74, 6) is 0. The summed E-state index contributed by atoms with van der Waals surface area (Å²) in [6.45, 7) is 3.77. The second-order valence-corrected chi connectivity index (χ2v) is 2.14. The molecule has 0 spiro atoms. The number of rotatable bonds is 0. The molecule has 0 saturated heterocycles. The Morgan fingerprint density at radius 2 is 2.11 bits per heavy atom. The molecule has 1 radical (unpaired) electrons. The molecule has 0 aromatic carbocycles. The molecule has 1 heterocycles. The van der Waals surface area contributed by atoms with Gasteiger partial charge in [0.05, 0.1) is 5.69 Å². The average Bonchev–Trinajstić information content (AvgIpc) is 1.80. The number of pyridine rings is 1. The van der Waals surface area contributed by atoms with Gasteiger partial charge < -0.3 is 5.73 Å². The van der Waals surface area contributed by atoms with Crippen LogP contribution in [0.15, 0.2) is 12.3 Å². The first-order chi connectivity index (χ1) is 4.20. The first kappa shape index (κ1) is 6.08. The normalized spacial score (nSPS) is 9.56. The minimum Gasteiger partial charge on any atom is -0.301 e. The van der Waals surface area contributed by atoms with Crippen LogP contribution in [-0.4, -0.2) is 4.98 Å². The largest absolute Gasteiger partial charge is 0.301 e. The summed E-state index contributed by atoms with van der Waals surface area (Å²) < 4.78 is 0. The van der Waals surface area contributed by atoms with E-state index in [1.165, 1.54) is 0 Å². The van der Waals surface area contributed by atoms with E-state index in [-0.39, 0.29) is 0 Å².